The molecule has 0 aliphatic heterocycles. The molecule has 5 heteroatoms. The number of phenolic OH excluding ortho intramolecular Hbond substituents is 2. The minimum Gasteiger partial charge on any atom is -0.508 e. The number of ether oxygens (including phenoxy) is 1. The van der Waals surface area contributed by atoms with Crippen LogP contribution < -0.4 is 10.2 Å². The molecular weight excluding hydrogens is 392 g/mol. The molecular formula is C26H28O5. The minimum absolute atomic E-state index is 0.120. The third-order valence-corrected chi connectivity index (χ3v) is 5.14. The molecule has 0 aliphatic rings. The summed E-state index contributed by atoms with van der Waals surface area (Å²) >= 11 is 0. The van der Waals surface area contributed by atoms with Crippen LogP contribution in [0.1, 0.15) is 38.8 Å². The number of hydrogen-bond acceptors (Lipinski definition) is 5. The van der Waals surface area contributed by atoms with E-state index in [4.69, 9.17) is 9.15 Å². The van der Waals surface area contributed by atoms with Crippen molar-refractivity contribution in [3.8, 4) is 28.4 Å². The van der Waals surface area contributed by atoms with Gasteiger partial charge in [-0.1, -0.05) is 29.4 Å². The second-order valence-corrected chi connectivity index (χ2v) is 8.07. The van der Waals surface area contributed by atoms with Gasteiger partial charge in [0.2, 0.25) is 5.43 Å². The van der Waals surface area contributed by atoms with Gasteiger partial charge in [0.1, 0.15) is 34.5 Å². The number of phenols is 2. The molecule has 0 spiro atoms. The van der Waals surface area contributed by atoms with E-state index in [1.165, 1.54) is 19.4 Å². The van der Waals surface area contributed by atoms with Crippen molar-refractivity contribution in [2.75, 3.05) is 7.11 Å². The number of rotatable bonds is 6. The number of methoxy groups -OCH3 is 1. The standard InChI is InChI=1S/C26H28O5/c1-15(2)6-8-18-12-17(9-11-21(18)27)20-14-31-26-19(10-7-16(3)4)23(30-5)13-22(28)24(26)25(20)29/h6-7,9,11-14,27-28H,8,10H2,1-5H3. The van der Waals surface area contributed by atoms with E-state index in [0.717, 1.165) is 11.1 Å². The molecule has 0 saturated heterocycles. The molecule has 0 unspecified atom stereocenters. The Balaban J connectivity index is 2.21. The van der Waals surface area contributed by atoms with Gasteiger partial charge >= 0.3 is 0 Å². The molecule has 3 rings (SSSR count). The predicted octanol–water partition coefficient (Wildman–Crippen LogP) is 5.90. The molecule has 2 N–H and O–H groups in total. The summed E-state index contributed by atoms with van der Waals surface area (Å²) in [5, 5.41) is 20.9. The van der Waals surface area contributed by atoms with Crippen molar-refractivity contribution in [1.82, 2.24) is 0 Å². The summed E-state index contributed by atoms with van der Waals surface area (Å²) in [4.78, 5) is 13.4. The number of benzene rings is 2. The van der Waals surface area contributed by atoms with Crippen LogP contribution in [0.4, 0.5) is 0 Å². The van der Waals surface area contributed by atoms with E-state index in [1.807, 2.05) is 39.8 Å². The van der Waals surface area contributed by atoms with Crippen molar-refractivity contribution in [3.63, 3.8) is 0 Å². The molecule has 2 aromatic carbocycles. The van der Waals surface area contributed by atoms with Crippen molar-refractivity contribution >= 4 is 11.0 Å². The first kappa shape index (κ1) is 22.2. The van der Waals surface area contributed by atoms with Crippen LogP contribution >= 0.6 is 0 Å². The van der Waals surface area contributed by atoms with E-state index in [0.29, 0.717) is 46.4 Å². The van der Waals surface area contributed by atoms with Crippen molar-refractivity contribution in [2.24, 2.45) is 0 Å². The van der Waals surface area contributed by atoms with E-state index >= 15 is 0 Å². The summed E-state index contributed by atoms with van der Waals surface area (Å²) in [5.74, 6) is 0.446. The zero-order valence-electron chi connectivity index (χ0n) is 18.6. The highest BCUT2D eigenvalue weighted by Crippen LogP contribution is 2.36. The summed E-state index contributed by atoms with van der Waals surface area (Å²) in [6, 6.07) is 6.47. The van der Waals surface area contributed by atoms with Gasteiger partial charge < -0.3 is 19.4 Å². The minimum atomic E-state index is -0.335. The van der Waals surface area contributed by atoms with Gasteiger partial charge in [-0.05, 0) is 63.8 Å². The normalized spacial score (nSPS) is 10.7. The Kier molecular flexibility index (Phi) is 6.54. The van der Waals surface area contributed by atoms with Gasteiger partial charge in [-0.2, -0.15) is 0 Å². The smallest absolute Gasteiger partial charge is 0.204 e. The molecule has 0 radical (unpaired) electrons. The number of fused-ring (bicyclic) bond motifs is 1. The Morgan fingerprint density at radius 1 is 1.00 bits per heavy atom. The maximum absolute atomic E-state index is 13.4. The quantitative estimate of drug-likeness (QED) is 0.486. The van der Waals surface area contributed by atoms with Gasteiger partial charge in [-0.15, -0.1) is 0 Å². The van der Waals surface area contributed by atoms with Gasteiger partial charge in [0, 0.05) is 11.6 Å². The number of aromatic hydroxyl groups is 2. The fraction of sp³-hybridized carbons (Fsp3) is 0.269. The molecule has 31 heavy (non-hydrogen) atoms. The summed E-state index contributed by atoms with van der Waals surface area (Å²) in [6.45, 7) is 7.95. The first-order valence-corrected chi connectivity index (χ1v) is 10.2. The van der Waals surface area contributed by atoms with Crippen LogP contribution in [0.3, 0.4) is 0 Å². The van der Waals surface area contributed by atoms with Crippen LogP contribution in [0.5, 0.6) is 17.2 Å². The summed E-state index contributed by atoms with van der Waals surface area (Å²) in [7, 11) is 1.52. The summed E-state index contributed by atoms with van der Waals surface area (Å²) in [6.07, 6.45) is 6.49. The molecule has 0 saturated carbocycles. The Hall–Kier alpha value is -3.47. The van der Waals surface area contributed by atoms with E-state index < -0.39 is 0 Å². The topological polar surface area (TPSA) is 79.9 Å². The zero-order valence-corrected chi connectivity index (χ0v) is 18.6. The van der Waals surface area contributed by atoms with Gasteiger partial charge in [0.05, 0.1) is 12.7 Å². The molecule has 5 nitrogen and oxygen atoms in total. The third kappa shape index (κ3) is 4.66. The number of hydrogen-bond donors (Lipinski definition) is 2. The van der Waals surface area contributed by atoms with Crippen LogP contribution in [0, 0.1) is 0 Å². The summed E-state index contributed by atoms with van der Waals surface area (Å²) < 4.78 is 11.3. The van der Waals surface area contributed by atoms with Crippen LogP contribution in [0.2, 0.25) is 0 Å². The maximum atomic E-state index is 13.4. The molecule has 1 heterocycles. The van der Waals surface area contributed by atoms with E-state index in [9.17, 15) is 15.0 Å². The van der Waals surface area contributed by atoms with Crippen molar-refractivity contribution in [1.29, 1.82) is 0 Å². The van der Waals surface area contributed by atoms with Gasteiger partial charge in [0.25, 0.3) is 0 Å². The lowest BCUT2D eigenvalue weighted by atomic mass is 9.98. The van der Waals surface area contributed by atoms with Crippen molar-refractivity contribution in [2.45, 2.75) is 40.5 Å². The first-order chi connectivity index (χ1) is 14.7. The highest BCUT2D eigenvalue weighted by Gasteiger charge is 2.19. The molecule has 1 aromatic heterocycles. The van der Waals surface area contributed by atoms with Gasteiger partial charge in [-0.25, -0.2) is 0 Å². The largest absolute Gasteiger partial charge is 0.508 e. The first-order valence-electron chi connectivity index (χ1n) is 10.2. The average molecular weight is 421 g/mol. The molecule has 0 atom stereocenters. The Bertz CT molecular complexity index is 1240. The zero-order chi connectivity index (χ0) is 22.7. The predicted molar refractivity (Wildman–Crippen MR) is 124 cm³/mol. The molecule has 0 fully saturated rings. The molecule has 0 amide bonds. The number of allylic oxidation sites excluding steroid dienone is 4. The highest BCUT2D eigenvalue weighted by atomic mass is 16.5. The van der Waals surface area contributed by atoms with Gasteiger partial charge in [0.15, 0.2) is 0 Å². The average Bonchev–Trinajstić information content (AvgIpc) is 2.72. The maximum Gasteiger partial charge on any atom is 0.204 e. The third-order valence-electron chi connectivity index (χ3n) is 5.14. The van der Waals surface area contributed by atoms with Crippen molar-refractivity contribution in [3.05, 3.63) is 75.2 Å². The lowest BCUT2D eigenvalue weighted by Crippen LogP contribution is -2.07. The van der Waals surface area contributed by atoms with Crippen LogP contribution in [0.25, 0.3) is 22.1 Å². The fourth-order valence-corrected chi connectivity index (χ4v) is 3.43. The Morgan fingerprint density at radius 3 is 2.32 bits per heavy atom. The van der Waals surface area contributed by atoms with Crippen LogP contribution in [-0.2, 0) is 12.8 Å². The highest BCUT2D eigenvalue weighted by molar-refractivity contribution is 5.91. The monoisotopic (exact) mass is 420 g/mol. The molecule has 162 valence electrons. The Morgan fingerprint density at radius 2 is 1.68 bits per heavy atom. The SMILES string of the molecule is COc1cc(O)c2c(=O)c(-c3ccc(O)c(CC=C(C)C)c3)coc2c1CC=C(C)C. The molecule has 3 aromatic rings. The second kappa shape index (κ2) is 9.13. The fourth-order valence-electron chi connectivity index (χ4n) is 3.43. The molecule has 0 bridgehead atoms. The van der Waals surface area contributed by atoms with Crippen molar-refractivity contribution < 1.29 is 19.4 Å². The lowest BCUT2D eigenvalue weighted by molar-refractivity contribution is 0.403. The molecule has 0 aliphatic carbocycles. The van der Waals surface area contributed by atoms with E-state index in [-0.39, 0.29) is 22.3 Å². The van der Waals surface area contributed by atoms with E-state index in [2.05, 4.69) is 0 Å². The van der Waals surface area contributed by atoms with E-state index in [1.54, 1.807) is 18.2 Å². The second-order valence-electron chi connectivity index (χ2n) is 8.07. The lowest BCUT2D eigenvalue weighted by Gasteiger charge is -2.13. The Labute approximate surface area is 181 Å². The summed E-state index contributed by atoms with van der Waals surface area (Å²) in [5.41, 5.74) is 4.58. The van der Waals surface area contributed by atoms with Crippen LogP contribution in [0.15, 0.2) is 63.0 Å². The van der Waals surface area contributed by atoms with Crippen LogP contribution in [-0.4, -0.2) is 17.3 Å². The van der Waals surface area contributed by atoms with Gasteiger partial charge in [-0.3, -0.25) is 4.79 Å².